The Morgan fingerprint density at radius 3 is 2.83 bits per heavy atom. The van der Waals surface area contributed by atoms with Crippen LogP contribution in [0.3, 0.4) is 0 Å². The summed E-state index contributed by atoms with van der Waals surface area (Å²) < 4.78 is 10.6. The number of carbonyl (C=O) groups excluding carboxylic acids is 1. The van der Waals surface area contributed by atoms with Crippen molar-refractivity contribution >= 4 is 17.7 Å². The zero-order valence-electron chi connectivity index (χ0n) is 12.9. The van der Waals surface area contributed by atoms with E-state index in [4.69, 9.17) is 9.47 Å². The Bertz CT molecular complexity index is 796. The van der Waals surface area contributed by atoms with Crippen LogP contribution in [0.25, 0.3) is 6.08 Å². The fourth-order valence-electron chi connectivity index (χ4n) is 2.28. The summed E-state index contributed by atoms with van der Waals surface area (Å²) >= 11 is 0. The predicted molar refractivity (Wildman–Crippen MR) is 91.7 cm³/mol. The molecule has 0 bridgehead atoms. The van der Waals surface area contributed by atoms with E-state index in [0.29, 0.717) is 11.3 Å². The summed E-state index contributed by atoms with van der Waals surface area (Å²) in [6.07, 6.45) is 6.72. The van der Waals surface area contributed by atoms with Gasteiger partial charge >= 0.3 is 0 Å². The molecule has 0 atom stereocenters. The predicted octanol–water partition coefficient (Wildman–Crippen LogP) is 3.12. The van der Waals surface area contributed by atoms with Gasteiger partial charge in [0.15, 0.2) is 11.5 Å². The minimum atomic E-state index is -0.258. The maximum atomic E-state index is 11.9. The number of hydrogen-bond donors (Lipinski definition) is 2. The first kappa shape index (κ1) is 15.8. The minimum Gasteiger partial charge on any atom is -0.454 e. The highest BCUT2D eigenvalue weighted by molar-refractivity contribution is 6.00. The first-order chi connectivity index (χ1) is 11.8. The van der Waals surface area contributed by atoms with Crippen LogP contribution in [0.15, 0.2) is 60.7 Å². The zero-order chi connectivity index (χ0) is 16.8. The molecule has 24 heavy (non-hydrogen) atoms. The number of anilines is 1. The molecule has 1 aliphatic rings. The number of para-hydroxylation sites is 1. The molecule has 0 fully saturated rings. The second kappa shape index (κ2) is 7.48. The van der Waals surface area contributed by atoms with Gasteiger partial charge in [0.1, 0.15) is 0 Å². The van der Waals surface area contributed by atoms with Crippen molar-refractivity contribution in [2.45, 2.75) is 6.61 Å². The van der Waals surface area contributed by atoms with Crippen molar-refractivity contribution in [2.75, 3.05) is 12.1 Å². The van der Waals surface area contributed by atoms with Crippen molar-refractivity contribution < 1.29 is 19.4 Å². The zero-order valence-corrected chi connectivity index (χ0v) is 12.9. The lowest BCUT2D eigenvalue weighted by atomic mass is 10.2. The van der Waals surface area contributed by atoms with E-state index in [9.17, 15) is 9.90 Å². The van der Waals surface area contributed by atoms with Crippen molar-refractivity contribution in [1.29, 1.82) is 0 Å². The Kier molecular flexibility index (Phi) is 4.93. The molecule has 2 N–H and O–H groups in total. The van der Waals surface area contributed by atoms with Crippen molar-refractivity contribution in [2.24, 2.45) is 0 Å². The van der Waals surface area contributed by atoms with Crippen LogP contribution >= 0.6 is 0 Å². The van der Waals surface area contributed by atoms with E-state index >= 15 is 0 Å². The molecular formula is C19H17NO4. The van der Waals surface area contributed by atoms with Gasteiger partial charge in [-0.3, -0.25) is 4.79 Å². The average Bonchev–Trinajstić information content (AvgIpc) is 3.07. The Labute approximate surface area is 139 Å². The lowest BCUT2D eigenvalue weighted by molar-refractivity contribution is -0.111. The van der Waals surface area contributed by atoms with Crippen LogP contribution in [-0.2, 0) is 11.4 Å². The summed E-state index contributed by atoms with van der Waals surface area (Å²) in [4.78, 5) is 11.9. The van der Waals surface area contributed by atoms with Crippen LogP contribution in [0, 0.1) is 0 Å². The van der Waals surface area contributed by atoms with Crippen molar-refractivity contribution in [1.82, 2.24) is 0 Å². The number of amides is 1. The molecule has 0 saturated heterocycles. The van der Waals surface area contributed by atoms with Crippen LogP contribution in [-0.4, -0.2) is 17.8 Å². The molecule has 2 aromatic rings. The third-order valence-corrected chi connectivity index (χ3v) is 3.49. The highest BCUT2D eigenvalue weighted by atomic mass is 16.7. The molecule has 0 unspecified atom stereocenters. The topological polar surface area (TPSA) is 67.8 Å². The SMILES string of the molecule is O=C(/C=C/C=C/c1ccc2c(c1)OCO2)Nc1ccccc1CO. The lowest BCUT2D eigenvalue weighted by Crippen LogP contribution is -2.09. The van der Waals surface area contributed by atoms with Gasteiger partial charge in [-0.1, -0.05) is 42.5 Å². The number of fused-ring (bicyclic) bond motifs is 1. The van der Waals surface area contributed by atoms with Gasteiger partial charge in [-0.2, -0.15) is 0 Å². The first-order valence-corrected chi connectivity index (χ1v) is 7.50. The molecule has 2 aromatic carbocycles. The molecular weight excluding hydrogens is 306 g/mol. The van der Waals surface area contributed by atoms with Gasteiger partial charge in [0.25, 0.3) is 0 Å². The number of carbonyl (C=O) groups is 1. The summed E-state index contributed by atoms with van der Waals surface area (Å²) in [6.45, 7) is 0.127. The van der Waals surface area contributed by atoms with E-state index in [1.807, 2.05) is 30.3 Å². The number of allylic oxidation sites excluding steroid dienone is 2. The van der Waals surface area contributed by atoms with Crippen molar-refractivity contribution in [3.63, 3.8) is 0 Å². The summed E-state index contributed by atoms with van der Waals surface area (Å²) in [6, 6.07) is 12.8. The van der Waals surface area contributed by atoms with Gasteiger partial charge in [0.05, 0.1) is 6.61 Å². The molecule has 5 heteroatoms. The molecule has 1 aliphatic heterocycles. The Hall–Kier alpha value is -3.05. The third kappa shape index (κ3) is 3.83. The molecule has 0 radical (unpaired) electrons. The average molecular weight is 323 g/mol. The highest BCUT2D eigenvalue weighted by Gasteiger charge is 2.11. The summed E-state index contributed by atoms with van der Waals surface area (Å²) in [7, 11) is 0. The van der Waals surface area contributed by atoms with E-state index in [1.165, 1.54) is 6.08 Å². The molecule has 0 saturated carbocycles. The molecule has 0 aromatic heterocycles. The maximum Gasteiger partial charge on any atom is 0.248 e. The number of hydrogen-bond acceptors (Lipinski definition) is 4. The number of benzene rings is 2. The van der Waals surface area contributed by atoms with Gasteiger partial charge in [-0.05, 0) is 23.8 Å². The molecule has 122 valence electrons. The monoisotopic (exact) mass is 323 g/mol. The Morgan fingerprint density at radius 2 is 1.96 bits per heavy atom. The fraction of sp³-hybridized carbons (Fsp3) is 0.105. The molecule has 3 rings (SSSR count). The number of ether oxygens (including phenoxy) is 2. The first-order valence-electron chi connectivity index (χ1n) is 7.50. The second-order valence-electron chi connectivity index (χ2n) is 5.14. The van der Waals surface area contributed by atoms with Crippen LogP contribution in [0.1, 0.15) is 11.1 Å². The molecule has 0 spiro atoms. The fourth-order valence-corrected chi connectivity index (χ4v) is 2.28. The van der Waals surface area contributed by atoms with Crippen LogP contribution in [0.4, 0.5) is 5.69 Å². The molecule has 0 aliphatic carbocycles. The van der Waals surface area contributed by atoms with E-state index in [1.54, 1.807) is 30.4 Å². The van der Waals surface area contributed by atoms with Crippen molar-refractivity contribution in [3.05, 3.63) is 71.8 Å². The van der Waals surface area contributed by atoms with E-state index in [2.05, 4.69) is 5.32 Å². The second-order valence-corrected chi connectivity index (χ2v) is 5.14. The molecule has 1 heterocycles. The van der Waals surface area contributed by atoms with Gasteiger partial charge < -0.3 is 19.9 Å². The Morgan fingerprint density at radius 1 is 1.12 bits per heavy atom. The van der Waals surface area contributed by atoms with Crippen molar-refractivity contribution in [3.8, 4) is 11.5 Å². The number of rotatable bonds is 5. The molecule has 5 nitrogen and oxygen atoms in total. The van der Waals surface area contributed by atoms with Crippen LogP contribution in [0.2, 0.25) is 0 Å². The standard InChI is InChI=1S/C19H17NO4/c21-12-15-6-2-3-7-16(15)20-19(22)8-4-1-5-14-9-10-17-18(11-14)24-13-23-17/h1-11,21H,12-13H2,(H,20,22)/b5-1+,8-4+. The van der Waals surface area contributed by atoms with Gasteiger partial charge in [-0.15, -0.1) is 0 Å². The largest absolute Gasteiger partial charge is 0.454 e. The minimum absolute atomic E-state index is 0.121. The molecule has 1 amide bonds. The highest BCUT2D eigenvalue weighted by Crippen LogP contribution is 2.32. The quantitative estimate of drug-likeness (QED) is 0.655. The van der Waals surface area contributed by atoms with E-state index < -0.39 is 0 Å². The van der Waals surface area contributed by atoms with E-state index in [-0.39, 0.29) is 19.3 Å². The Balaban J connectivity index is 1.58. The normalized spacial score (nSPS) is 12.9. The summed E-state index contributed by atoms with van der Waals surface area (Å²) in [5.41, 5.74) is 2.24. The van der Waals surface area contributed by atoms with Gasteiger partial charge in [0.2, 0.25) is 12.7 Å². The number of aliphatic hydroxyl groups excluding tert-OH is 1. The number of aliphatic hydroxyl groups is 1. The summed E-state index contributed by atoms with van der Waals surface area (Å²) in [5.74, 6) is 1.20. The smallest absolute Gasteiger partial charge is 0.248 e. The maximum absolute atomic E-state index is 11.9. The lowest BCUT2D eigenvalue weighted by Gasteiger charge is -2.06. The summed E-state index contributed by atoms with van der Waals surface area (Å²) in [5, 5.41) is 12.0. The van der Waals surface area contributed by atoms with Crippen LogP contribution < -0.4 is 14.8 Å². The third-order valence-electron chi connectivity index (χ3n) is 3.49. The van der Waals surface area contributed by atoms with Crippen LogP contribution in [0.5, 0.6) is 11.5 Å². The van der Waals surface area contributed by atoms with Gasteiger partial charge in [-0.25, -0.2) is 0 Å². The van der Waals surface area contributed by atoms with Gasteiger partial charge in [0, 0.05) is 17.3 Å². The van der Waals surface area contributed by atoms with E-state index in [0.717, 1.165) is 17.1 Å². The number of nitrogens with one attached hydrogen (secondary N) is 1.